The monoisotopic (exact) mass is 300 g/mol. The van der Waals surface area contributed by atoms with Gasteiger partial charge in [0, 0.05) is 25.6 Å². The van der Waals surface area contributed by atoms with Crippen molar-refractivity contribution in [2.75, 3.05) is 27.2 Å². The van der Waals surface area contributed by atoms with E-state index in [-0.39, 0.29) is 12.8 Å². The molecule has 1 atom stereocenters. The number of aliphatic carboxylic acids is 1. The van der Waals surface area contributed by atoms with E-state index in [9.17, 15) is 14.4 Å². The highest BCUT2D eigenvalue weighted by atomic mass is 16.4. The molecule has 0 aromatic heterocycles. The molecule has 0 aromatic carbocycles. The number of carbonyl (C=O) groups excluding carboxylic acids is 2. The Kier molecular flexibility index (Phi) is 6.41. The number of nitrogens with zero attached hydrogens (tertiary/aromatic N) is 2. The van der Waals surface area contributed by atoms with Crippen LogP contribution in [0.4, 0.5) is 4.79 Å². The van der Waals surface area contributed by atoms with E-state index in [0.717, 1.165) is 12.8 Å². The molecule has 0 aromatic rings. The van der Waals surface area contributed by atoms with Crippen molar-refractivity contribution < 1.29 is 19.5 Å². The van der Waals surface area contributed by atoms with E-state index in [4.69, 9.17) is 10.8 Å². The number of amides is 3. The van der Waals surface area contributed by atoms with Crippen molar-refractivity contribution in [1.82, 2.24) is 15.1 Å². The number of hydrogen-bond donors (Lipinski definition) is 3. The molecule has 1 aliphatic heterocycles. The largest absolute Gasteiger partial charge is 0.480 e. The highest BCUT2D eigenvalue weighted by Gasteiger charge is 2.27. The fourth-order valence-electron chi connectivity index (χ4n) is 2.37. The zero-order chi connectivity index (χ0) is 16.0. The molecule has 8 heteroatoms. The van der Waals surface area contributed by atoms with Gasteiger partial charge in [-0.3, -0.25) is 4.79 Å². The van der Waals surface area contributed by atoms with Crippen LogP contribution in [0.3, 0.4) is 0 Å². The summed E-state index contributed by atoms with van der Waals surface area (Å²) in [5.41, 5.74) is 5.00. The first-order valence-corrected chi connectivity index (χ1v) is 7.04. The third-order valence-electron chi connectivity index (χ3n) is 3.76. The van der Waals surface area contributed by atoms with Crippen molar-refractivity contribution in [1.29, 1.82) is 0 Å². The van der Waals surface area contributed by atoms with Crippen LogP contribution in [0.25, 0.3) is 0 Å². The lowest BCUT2D eigenvalue weighted by Crippen LogP contribution is -2.52. The third kappa shape index (κ3) is 5.58. The first-order valence-electron chi connectivity index (χ1n) is 7.04. The van der Waals surface area contributed by atoms with Crippen LogP contribution in [0.1, 0.15) is 25.7 Å². The Balaban J connectivity index is 2.47. The van der Waals surface area contributed by atoms with E-state index >= 15 is 0 Å². The average molecular weight is 300 g/mol. The number of carboxylic acids is 1. The van der Waals surface area contributed by atoms with Gasteiger partial charge < -0.3 is 26.0 Å². The number of piperidine rings is 1. The molecule has 0 saturated carbocycles. The van der Waals surface area contributed by atoms with E-state index in [2.05, 4.69) is 10.2 Å². The lowest BCUT2D eigenvalue weighted by molar-refractivity contribution is -0.139. The van der Waals surface area contributed by atoms with Crippen molar-refractivity contribution in [3.8, 4) is 0 Å². The zero-order valence-electron chi connectivity index (χ0n) is 12.5. The van der Waals surface area contributed by atoms with Gasteiger partial charge in [-0.25, -0.2) is 9.59 Å². The standard InChI is InChI=1S/C13H24N4O4/c1-16(2)9-5-7-17(8-6-9)13(21)15-10(12(19)20)3-4-11(14)18/h9-10H,3-8H2,1-2H3,(H2,14,18)(H,15,21)(H,19,20). The quantitative estimate of drug-likeness (QED) is 0.608. The van der Waals surface area contributed by atoms with Crippen LogP contribution in [0.5, 0.6) is 0 Å². The van der Waals surface area contributed by atoms with Gasteiger partial charge in [0.2, 0.25) is 5.91 Å². The molecule has 1 heterocycles. The van der Waals surface area contributed by atoms with Gasteiger partial charge in [-0.1, -0.05) is 0 Å². The number of urea groups is 1. The van der Waals surface area contributed by atoms with Crippen molar-refractivity contribution in [3.05, 3.63) is 0 Å². The second-order valence-electron chi connectivity index (χ2n) is 5.53. The second kappa shape index (κ2) is 7.82. The SMILES string of the molecule is CN(C)C1CCN(C(=O)NC(CCC(N)=O)C(=O)O)CC1. The molecule has 3 amide bonds. The van der Waals surface area contributed by atoms with Gasteiger partial charge in [-0.05, 0) is 33.4 Å². The first kappa shape index (κ1) is 17.2. The maximum absolute atomic E-state index is 12.1. The van der Waals surface area contributed by atoms with Crippen molar-refractivity contribution in [3.63, 3.8) is 0 Å². The normalized spacial score (nSPS) is 17.6. The smallest absolute Gasteiger partial charge is 0.326 e. The van der Waals surface area contributed by atoms with Crippen LogP contribution in [-0.4, -0.2) is 72.1 Å². The molecular formula is C13H24N4O4. The Hall–Kier alpha value is -1.83. The second-order valence-corrected chi connectivity index (χ2v) is 5.53. The summed E-state index contributed by atoms with van der Waals surface area (Å²) >= 11 is 0. The summed E-state index contributed by atoms with van der Waals surface area (Å²) in [7, 11) is 4.01. The third-order valence-corrected chi connectivity index (χ3v) is 3.76. The predicted octanol–water partition coefficient (Wildman–Crippen LogP) is -0.559. The van der Waals surface area contributed by atoms with Crippen LogP contribution in [0.15, 0.2) is 0 Å². The minimum atomic E-state index is -1.16. The van der Waals surface area contributed by atoms with Gasteiger partial charge in [0.1, 0.15) is 6.04 Å². The number of primary amides is 1. The molecule has 1 aliphatic rings. The van der Waals surface area contributed by atoms with E-state index in [1.165, 1.54) is 0 Å². The van der Waals surface area contributed by atoms with E-state index in [0.29, 0.717) is 19.1 Å². The Labute approximate surface area is 124 Å². The maximum Gasteiger partial charge on any atom is 0.326 e. The molecular weight excluding hydrogens is 276 g/mol. The van der Waals surface area contributed by atoms with Crippen LogP contribution in [0.2, 0.25) is 0 Å². The minimum absolute atomic E-state index is 0.00453. The van der Waals surface area contributed by atoms with Crippen molar-refractivity contribution in [2.45, 2.75) is 37.8 Å². The Morgan fingerprint density at radius 1 is 1.33 bits per heavy atom. The molecule has 1 saturated heterocycles. The van der Waals surface area contributed by atoms with Crippen LogP contribution in [0, 0.1) is 0 Å². The highest BCUT2D eigenvalue weighted by molar-refractivity contribution is 5.83. The number of nitrogens with two attached hydrogens (primary N) is 1. The van der Waals surface area contributed by atoms with E-state index in [1.807, 2.05) is 14.1 Å². The molecule has 1 unspecified atom stereocenters. The summed E-state index contributed by atoms with van der Waals surface area (Å²) in [6, 6.07) is -1.04. The Morgan fingerprint density at radius 3 is 2.33 bits per heavy atom. The number of nitrogens with one attached hydrogen (secondary N) is 1. The van der Waals surface area contributed by atoms with Gasteiger partial charge in [-0.15, -0.1) is 0 Å². The minimum Gasteiger partial charge on any atom is -0.480 e. The summed E-state index contributed by atoms with van der Waals surface area (Å²) < 4.78 is 0. The van der Waals surface area contributed by atoms with Gasteiger partial charge in [0.25, 0.3) is 0 Å². The molecule has 0 spiro atoms. The van der Waals surface area contributed by atoms with Gasteiger partial charge >= 0.3 is 12.0 Å². The summed E-state index contributed by atoms with van der Waals surface area (Å²) in [4.78, 5) is 37.6. The van der Waals surface area contributed by atoms with Gasteiger partial charge in [-0.2, -0.15) is 0 Å². The Bertz CT molecular complexity index is 392. The molecule has 8 nitrogen and oxygen atoms in total. The van der Waals surface area contributed by atoms with E-state index in [1.54, 1.807) is 4.90 Å². The molecule has 4 N–H and O–H groups in total. The van der Waals surface area contributed by atoms with Crippen molar-refractivity contribution in [2.24, 2.45) is 5.73 Å². The number of carboxylic acid groups (broad SMARTS) is 1. The molecule has 0 radical (unpaired) electrons. The highest BCUT2D eigenvalue weighted by Crippen LogP contribution is 2.14. The van der Waals surface area contributed by atoms with Crippen LogP contribution < -0.4 is 11.1 Å². The van der Waals surface area contributed by atoms with Crippen LogP contribution >= 0.6 is 0 Å². The molecule has 0 bridgehead atoms. The summed E-state index contributed by atoms with van der Waals surface area (Å²) in [5.74, 6) is -1.74. The lowest BCUT2D eigenvalue weighted by atomic mass is 10.0. The lowest BCUT2D eigenvalue weighted by Gasteiger charge is -2.35. The van der Waals surface area contributed by atoms with E-state index < -0.39 is 23.9 Å². The number of hydrogen-bond acceptors (Lipinski definition) is 4. The van der Waals surface area contributed by atoms with Crippen LogP contribution in [-0.2, 0) is 9.59 Å². The maximum atomic E-state index is 12.1. The zero-order valence-corrected chi connectivity index (χ0v) is 12.5. The number of rotatable bonds is 6. The number of carbonyl (C=O) groups is 3. The van der Waals surface area contributed by atoms with Crippen molar-refractivity contribution >= 4 is 17.9 Å². The molecule has 120 valence electrons. The molecule has 1 rings (SSSR count). The fourth-order valence-corrected chi connectivity index (χ4v) is 2.37. The first-order chi connectivity index (χ1) is 9.81. The topological polar surface area (TPSA) is 116 Å². The fraction of sp³-hybridized carbons (Fsp3) is 0.769. The molecule has 1 fully saturated rings. The average Bonchev–Trinajstić information content (AvgIpc) is 2.42. The van der Waals surface area contributed by atoms with Gasteiger partial charge in [0.05, 0.1) is 0 Å². The summed E-state index contributed by atoms with van der Waals surface area (Å²) in [6.07, 6.45) is 1.66. The summed E-state index contributed by atoms with van der Waals surface area (Å²) in [5, 5.41) is 11.5. The number of likely N-dealkylation sites (tertiary alicyclic amines) is 1. The Morgan fingerprint density at radius 2 is 1.90 bits per heavy atom. The van der Waals surface area contributed by atoms with Gasteiger partial charge in [0.15, 0.2) is 0 Å². The molecule has 0 aliphatic carbocycles. The summed E-state index contributed by atoms with van der Waals surface area (Å²) in [6.45, 7) is 1.19. The molecule has 21 heavy (non-hydrogen) atoms. The predicted molar refractivity (Wildman–Crippen MR) is 76.7 cm³/mol.